The Kier molecular flexibility index (Phi) is 10.8. The number of nitrogens with zero attached hydrogens (tertiary/aromatic N) is 5. The highest BCUT2D eigenvalue weighted by Gasteiger charge is 2.61. The van der Waals surface area contributed by atoms with Crippen molar-refractivity contribution in [1.82, 2.24) is 15.1 Å². The number of piperidine rings is 2. The number of carbonyl (C=O) groups excluding carboxylic acids is 4. The van der Waals surface area contributed by atoms with Crippen LogP contribution in [-0.2, 0) is 20.9 Å². The van der Waals surface area contributed by atoms with E-state index in [1.807, 2.05) is 26.0 Å². The number of nitrogens with one attached hydrogen (secondary N) is 1. The summed E-state index contributed by atoms with van der Waals surface area (Å²) in [4.78, 5) is 60.8. The molecule has 8 rings (SSSR count). The lowest BCUT2D eigenvalue weighted by molar-refractivity contribution is -0.141. The predicted molar refractivity (Wildman–Crippen MR) is 215 cm³/mol. The van der Waals surface area contributed by atoms with E-state index >= 15 is 4.39 Å². The van der Waals surface area contributed by atoms with Crippen molar-refractivity contribution in [2.75, 3.05) is 67.6 Å². The molecule has 12 nitrogen and oxygen atoms in total. The fourth-order valence-corrected chi connectivity index (χ4v) is 9.98. The minimum Gasteiger partial charge on any atom is -0.503 e. The van der Waals surface area contributed by atoms with E-state index in [9.17, 15) is 28.7 Å². The number of halogens is 2. The third-order valence-corrected chi connectivity index (χ3v) is 13.6. The Hall–Kier alpha value is -5.24. The molecule has 14 heteroatoms. The highest BCUT2D eigenvalue weighted by atomic mass is 19.1. The number of rotatable bonds is 11. The molecule has 4 amide bonds. The quantitative estimate of drug-likeness (QED) is 0.184. The number of piperazine rings is 1. The minimum absolute atomic E-state index is 0.0578. The van der Waals surface area contributed by atoms with Crippen LogP contribution in [0.25, 0.3) is 0 Å². The van der Waals surface area contributed by atoms with Gasteiger partial charge in [-0.25, -0.2) is 8.78 Å². The summed E-state index contributed by atoms with van der Waals surface area (Å²) < 4.78 is 36.5. The molecular formula is C44H52F2N6O6. The van der Waals surface area contributed by atoms with Crippen molar-refractivity contribution in [2.24, 2.45) is 11.3 Å². The van der Waals surface area contributed by atoms with E-state index in [-0.39, 0.29) is 29.8 Å². The van der Waals surface area contributed by atoms with Gasteiger partial charge in [-0.2, -0.15) is 0 Å². The number of carbonyl (C=O) groups is 4. The van der Waals surface area contributed by atoms with E-state index in [1.165, 1.54) is 30.2 Å². The maximum absolute atomic E-state index is 16.2. The number of para-hydroxylation sites is 1. The van der Waals surface area contributed by atoms with Crippen LogP contribution in [0.1, 0.15) is 86.3 Å². The molecule has 5 aliphatic heterocycles. The fourth-order valence-electron chi connectivity index (χ4n) is 9.98. The summed E-state index contributed by atoms with van der Waals surface area (Å²) >= 11 is 0. The number of fused-ring (bicyclic) bond motifs is 1. The van der Waals surface area contributed by atoms with Crippen molar-refractivity contribution in [1.29, 1.82) is 0 Å². The Balaban J connectivity index is 0.853. The van der Waals surface area contributed by atoms with Crippen LogP contribution in [-0.4, -0.2) is 97.5 Å². The van der Waals surface area contributed by atoms with Gasteiger partial charge in [-0.1, -0.05) is 19.9 Å². The van der Waals surface area contributed by atoms with E-state index in [4.69, 9.17) is 4.74 Å². The molecule has 4 fully saturated rings. The molecule has 4 saturated heterocycles. The number of phenols is 1. The normalized spacial score (nSPS) is 22.6. The summed E-state index contributed by atoms with van der Waals surface area (Å²) in [6, 6.07) is 11.9. The standard InChI is InChI=1S/C44H52F2N6O6/c1-4-44(5-2)40(52(43(44)57)34-8-6-7-32(45)39(34)54)31-24-33(46)36(25-37(31)58-3)50-17-14-27(15-18-50)13-16-48-19-21-49(22-20-48)29-9-10-30-28(23-29)26-51(42(30)56)35-11-12-38(53)47-41(35)55/h6-10,23-25,27,35,40,54H,4-5,11-22,26H2,1-3H3,(H,47,53,55)/t35?,40-/m0/s1. The molecule has 0 aromatic heterocycles. The first kappa shape index (κ1) is 39.6. The number of phenolic OH excluding ortho intramolecular Hbond substituents is 1. The van der Waals surface area contributed by atoms with Crippen LogP contribution in [0, 0.1) is 23.0 Å². The van der Waals surface area contributed by atoms with Gasteiger partial charge < -0.3 is 24.5 Å². The van der Waals surface area contributed by atoms with Crippen molar-refractivity contribution in [3.8, 4) is 11.5 Å². The number of imide groups is 1. The Morgan fingerprint density at radius 3 is 2.29 bits per heavy atom. The Morgan fingerprint density at radius 2 is 1.60 bits per heavy atom. The molecule has 1 unspecified atom stereocenters. The molecule has 58 heavy (non-hydrogen) atoms. The lowest BCUT2D eigenvalue weighted by Crippen LogP contribution is -2.63. The molecule has 0 spiro atoms. The average Bonchev–Trinajstić information content (AvgIpc) is 3.56. The van der Waals surface area contributed by atoms with Gasteiger partial charge in [0.15, 0.2) is 11.6 Å². The zero-order valence-corrected chi connectivity index (χ0v) is 33.4. The summed E-state index contributed by atoms with van der Waals surface area (Å²) in [6.45, 7) is 10.2. The zero-order valence-electron chi connectivity index (χ0n) is 33.4. The molecule has 2 N–H and O–H groups in total. The van der Waals surface area contributed by atoms with Gasteiger partial charge in [0.25, 0.3) is 5.91 Å². The molecule has 5 aliphatic rings. The largest absolute Gasteiger partial charge is 0.503 e. The Bertz CT molecular complexity index is 2110. The molecule has 0 bridgehead atoms. The first-order valence-electron chi connectivity index (χ1n) is 20.7. The van der Waals surface area contributed by atoms with Gasteiger partial charge >= 0.3 is 0 Å². The van der Waals surface area contributed by atoms with Crippen LogP contribution >= 0.6 is 0 Å². The van der Waals surface area contributed by atoms with Gasteiger partial charge in [0, 0.05) is 75.1 Å². The Morgan fingerprint density at radius 1 is 0.862 bits per heavy atom. The summed E-state index contributed by atoms with van der Waals surface area (Å²) in [7, 11) is 1.53. The molecule has 5 heterocycles. The minimum atomic E-state index is -0.850. The molecular weight excluding hydrogens is 747 g/mol. The number of hydrogen-bond acceptors (Lipinski definition) is 9. The van der Waals surface area contributed by atoms with Gasteiger partial charge in [-0.15, -0.1) is 0 Å². The smallest absolute Gasteiger partial charge is 0.255 e. The highest BCUT2D eigenvalue weighted by Crippen LogP contribution is 2.59. The molecule has 0 saturated carbocycles. The number of amides is 4. The molecule has 3 aromatic carbocycles. The van der Waals surface area contributed by atoms with Gasteiger partial charge in [0.05, 0.1) is 29.9 Å². The molecule has 0 radical (unpaired) electrons. The number of hydrogen-bond donors (Lipinski definition) is 2. The molecule has 308 valence electrons. The van der Waals surface area contributed by atoms with Gasteiger partial charge in [0.1, 0.15) is 17.6 Å². The van der Waals surface area contributed by atoms with Crippen LogP contribution in [0.4, 0.5) is 25.8 Å². The molecule has 3 aromatic rings. The average molecular weight is 799 g/mol. The topological polar surface area (TPSA) is 126 Å². The summed E-state index contributed by atoms with van der Waals surface area (Å²) in [5.41, 5.74) is 2.76. The second-order valence-corrected chi connectivity index (χ2v) is 16.4. The monoisotopic (exact) mass is 798 g/mol. The predicted octanol–water partition coefficient (Wildman–Crippen LogP) is 5.76. The second-order valence-electron chi connectivity index (χ2n) is 16.4. The van der Waals surface area contributed by atoms with E-state index in [0.29, 0.717) is 67.4 Å². The summed E-state index contributed by atoms with van der Waals surface area (Å²) in [5.74, 6) is -1.98. The summed E-state index contributed by atoms with van der Waals surface area (Å²) in [5, 5.41) is 12.9. The number of β-lactam (4-membered cyclic amide) rings is 1. The van der Waals surface area contributed by atoms with Crippen LogP contribution in [0.2, 0.25) is 0 Å². The van der Waals surface area contributed by atoms with E-state index in [2.05, 4.69) is 26.1 Å². The van der Waals surface area contributed by atoms with Crippen molar-refractivity contribution < 1.29 is 37.8 Å². The second kappa shape index (κ2) is 15.8. The van der Waals surface area contributed by atoms with Crippen molar-refractivity contribution in [3.63, 3.8) is 0 Å². The van der Waals surface area contributed by atoms with Gasteiger partial charge in [-0.05, 0) is 92.9 Å². The van der Waals surface area contributed by atoms with Crippen LogP contribution < -0.4 is 24.8 Å². The van der Waals surface area contributed by atoms with Crippen LogP contribution in [0.15, 0.2) is 48.5 Å². The first-order valence-corrected chi connectivity index (χ1v) is 20.7. The lowest BCUT2D eigenvalue weighted by Gasteiger charge is -2.56. The fraction of sp³-hybridized carbons (Fsp3) is 0.500. The van der Waals surface area contributed by atoms with Crippen molar-refractivity contribution >= 4 is 40.7 Å². The van der Waals surface area contributed by atoms with E-state index in [0.717, 1.165) is 69.3 Å². The number of ether oxygens (including phenoxy) is 1. The Labute approximate surface area is 337 Å². The van der Waals surface area contributed by atoms with Gasteiger partial charge in [0.2, 0.25) is 17.7 Å². The summed E-state index contributed by atoms with van der Waals surface area (Å²) in [6.07, 6.45) is 4.49. The third-order valence-electron chi connectivity index (χ3n) is 13.6. The van der Waals surface area contributed by atoms with Crippen LogP contribution in [0.5, 0.6) is 11.5 Å². The van der Waals surface area contributed by atoms with Crippen LogP contribution in [0.3, 0.4) is 0 Å². The first-order chi connectivity index (χ1) is 28.0. The molecule has 0 aliphatic carbocycles. The number of anilines is 3. The van der Waals surface area contributed by atoms with E-state index in [1.54, 1.807) is 11.0 Å². The van der Waals surface area contributed by atoms with E-state index < -0.39 is 40.8 Å². The van der Waals surface area contributed by atoms with Crippen molar-refractivity contribution in [3.05, 3.63) is 76.9 Å². The van der Waals surface area contributed by atoms with Gasteiger partial charge in [-0.3, -0.25) is 34.3 Å². The number of benzene rings is 3. The highest BCUT2D eigenvalue weighted by molar-refractivity contribution is 6.07. The molecule has 2 atom stereocenters. The number of aromatic hydroxyl groups is 1. The van der Waals surface area contributed by atoms with Crippen molar-refractivity contribution in [2.45, 2.75) is 77.4 Å². The maximum Gasteiger partial charge on any atom is 0.255 e. The number of methoxy groups -OCH3 is 1. The third kappa shape index (κ3) is 6.82. The zero-order chi connectivity index (χ0) is 40.9. The maximum atomic E-state index is 16.2. The lowest BCUT2D eigenvalue weighted by atomic mass is 9.64. The SMILES string of the molecule is CCC1(CC)C(=O)N(c2cccc(F)c2O)[C@H]1c1cc(F)c(N2CCC(CCN3CCN(c4ccc5c(c4)CN(C4CCC(=O)NC4=O)C5=O)CC3)CC2)cc1OC.